The average Bonchev–Trinajstić information content (AvgIpc) is 3.26. The Morgan fingerprint density at radius 1 is 1.10 bits per heavy atom. The van der Waals surface area contributed by atoms with Gasteiger partial charge >= 0.3 is 0 Å². The number of nitrogens with zero attached hydrogens (tertiary/aromatic N) is 2. The van der Waals surface area contributed by atoms with Crippen molar-refractivity contribution in [3.05, 3.63) is 83.7 Å². The van der Waals surface area contributed by atoms with Gasteiger partial charge in [0.1, 0.15) is 5.75 Å². The second-order valence-electron chi connectivity index (χ2n) is 7.26. The second-order valence-corrected chi connectivity index (χ2v) is 9.15. The highest BCUT2D eigenvalue weighted by Gasteiger charge is 2.29. The fourth-order valence-corrected chi connectivity index (χ4v) is 4.79. The first kappa shape index (κ1) is 21.3. The van der Waals surface area contributed by atoms with Crippen molar-refractivity contribution in [3.63, 3.8) is 0 Å². The molecule has 29 heavy (non-hydrogen) atoms. The highest BCUT2D eigenvalue weighted by molar-refractivity contribution is 7.48. The van der Waals surface area contributed by atoms with Gasteiger partial charge in [0.15, 0.2) is 6.79 Å². The third kappa shape index (κ3) is 5.35. The average molecular weight is 408 g/mol. The Bertz CT molecular complexity index is 953. The molecule has 4 nitrogen and oxygen atoms in total. The lowest BCUT2D eigenvalue weighted by Gasteiger charge is -2.32. The number of hydrogen-bond donors (Lipinski definition) is 0. The highest BCUT2D eigenvalue weighted by atomic mass is 31.1. The summed E-state index contributed by atoms with van der Waals surface area (Å²) < 4.78 is 12.9. The van der Waals surface area contributed by atoms with Crippen LogP contribution in [0.5, 0.6) is 5.75 Å². The van der Waals surface area contributed by atoms with Gasteiger partial charge in [-0.15, -0.1) is 0 Å². The zero-order valence-electron chi connectivity index (χ0n) is 17.6. The summed E-state index contributed by atoms with van der Waals surface area (Å²) in [7, 11) is 2.22. The molecule has 5 heteroatoms. The molecule has 0 N–H and O–H groups in total. The Labute approximate surface area is 175 Å². The van der Waals surface area contributed by atoms with Crippen LogP contribution in [0.4, 0.5) is 0 Å². The molecule has 0 aliphatic heterocycles. The molecule has 0 bridgehead atoms. The molecule has 0 radical (unpaired) electrons. The lowest BCUT2D eigenvalue weighted by molar-refractivity contribution is 0.0500. The number of ether oxygens (including phenoxy) is 2. The van der Waals surface area contributed by atoms with Crippen molar-refractivity contribution in [3.8, 4) is 5.75 Å². The minimum atomic E-state index is -0.0491. The molecule has 0 spiro atoms. The molecule has 0 fully saturated rings. The van der Waals surface area contributed by atoms with Crippen LogP contribution in [-0.4, -0.2) is 24.8 Å². The van der Waals surface area contributed by atoms with Crippen LogP contribution in [0.2, 0.25) is 0 Å². The molecule has 0 saturated carbocycles. The lowest BCUT2D eigenvalue weighted by atomic mass is 9.95. The van der Waals surface area contributed by atoms with E-state index in [1.807, 2.05) is 35.4 Å². The van der Waals surface area contributed by atoms with Crippen LogP contribution >= 0.6 is 8.58 Å². The molecule has 0 amide bonds. The number of aromatic nitrogens is 1. The molecule has 1 aromatic heterocycles. The largest absolute Gasteiger partial charge is 0.467 e. The van der Waals surface area contributed by atoms with Gasteiger partial charge in [0, 0.05) is 35.8 Å². The number of aryl methyl sites for hydroxylation is 1. The Balaban J connectivity index is 1.95. The van der Waals surface area contributed by atoms with Gasteiger partial charge in [0.05, 0.1) is 6.21 Å². The van der Waals surface area contributed by atoms with Crippen LogP contribution in [0.1, 0.15) is 37.0 Å². The molecule has 3 aromatic rings. The van der Waals surface area contributed by atoms with Crippen molar-refractivity contribution in [2.75, 3.05) is 13.9 Å². The molecule has 3 rings (SSSR count). The third-order valence-corrected chi connectivity index (χ3v) is 6.96. The van der Waals surface area contributed by atoms with Crippen LogP contribution in [0.25, 0.3) is 0 Å². The SMILES string of the molecule is CCC(C)(Pc1ccccc1/C=N/n1cccc1)c1cc(C)ccc1OCOC. The summed E-state index contributed by atoms with van der Waals surface area (Å²) in [5.74, 6) is 0.896. The van der Waals surface area contributed by atoms with Crippen LogP contribution in [0.15, 0.2) is 72.1 Å². The Morgan fingerprint density at radius 3 is 2.59 bits per heavy atom. The summed E-state index contributed by atoms with van der Waals surface area (Å²) in [5, 5.41) is 5.80. The molecule has 2 unspecified atom stereocenters. The van der Waals surface area contributed by atoms with Gasteiger partial charge in [-0.25, -0.2) is 4.68 Å². The smallest absolute Gasteiger partial charge is 0.188 e. The van der Waals surface area contributed by atoms with E-state index in [2.05, 4.69) is 68.3 Å². The number of hydrogen-bond acceptors (Lipinski definition) is 3. The first-order chi connectivity index (χ1) is 14.1. The lowest BCUT2D eigenvalue weighted by Crippen LogP contribution is -2.21. The highest BCUT2D eigenvalue weighted by Crippen LogP contribution is 2.47. The monoisotopic (exact) mass is 408 g/mol. The van der Waals surface area contributed by atoms with E-state index >= 15 is 0 Å². The summed E-state index contributed by atoms with van der Waals surface area (Å²) in [6.45, 7) is 6.94. The first-order valence-electron chi connectivity index (χ1n) is 9.83. The Morgan fingerprint density at radius 2 is 1.86 bits per heavy atom. The molecule has 2 aromatic carbocycles. The second kappa shape index (κ2) is 9.87. The number of benzene rings is 2. The predicted octanol–water partition coefficient (Wildman–Crippen LogP) is 5.29. The van der Waals surface area contributed by atoms with Crippen LogP contribution < -0.4 is 10.0 Å². The van der Waals surface area contributed by atoms with Gasteiger partial charge in [0.25, 0.3) is 0 Å². The summed E-state index contributed by atoms with van der Waals surface area (Å²) in [6, 6.07) is 18.8. The standard InChI is InChI=1S/C24H29N2O2P/c1-5-24(3,21-16-19(2)12-13-22(21)28-18-27-4)29-23-11-7-6-10-20(23)17-25-26-14-8-9-15-26/h6-17,29H,5,18H2,1-4H3/b25-17+. The van der Waals surface area contributed by atoms with E-state index in [-0.39, 0.29) is 11.9 Å². The fourth-order valence-electron chi connectivity index (χ4n) is 3.22. The van der Waals surface area contributed by atoms with Crippen LogP contribution in [0, 0.1) is 6.92 Å². The minimum absolute atomic E-state index is 0.0491. The van der Waals surface area contributed by atoms with Crippen molar-refractivity contribution in [2.45, 2.75) is 32.3 Å². The van der Waals surface area contributed by atoms with Crippen molar-refractivity contribution >= 4 is 20.1 Å². The molecule has 1 heterocycles. The molecule has 0 saturated heterocycles. The van der Waals surface area contributed by atoms with Gasteiger partial charge in [-0.2, -0.15) is 5.10 Å². The van der Waals surface area contributed by atoms with Gasteiger partial charge < -0.3 is 9.47 Å². The van der Waals surface area contributed by atoms with E-state index in [1.165, 1.54) is 16.4 Å². The topological polar surface area (TPSA) is 35.8 Å². The van der Waals surface area contributed by atoms with Gasteiger partial charge in [-0.1, -0.05) is 64.4 Å². The van der Waals surface area contributed by atoms with Crippen molar-refractivity contribution in [1.29, 1.82) is 0 Å². The number of rotatable bonds is 9. The molecule has 2 atom stereocenters. The van der Waals surface area contributed by atoms with E-state index in [4.69, 9.17) is 9.47 Å². The van der Waals surface area contributed by atoms with Crippen LogP contribution in [-0.2, 0) is 9.89 Å². The van der Waals surface area contributed by atoms with Gasteiger partial charge in [-0.05, 0) is 36.8 Å². The Hall–Kier alpha value is -2.42. The van der Waals surface area contributed by atoms with Gasteiger partial charge in [0.2, 0.25) is 0 Å². The van der Waals surface area contributed by atoms with E-state index in [1.54, 1.807) is 7.11 Å². The zero-order valence-corrected chi connectivity index (χ0v) is 18.6. The first-order valence-corrected chi connectivity index (χ1v) is 10.8. The number of methoxy groups -OCH3 is 1. The summed E-state index contributed by atoms with van der Waals surface area (Å²) >= 11 is 0. The molecular weight excluding hydrogens is 379 g/mol. The molecule has 0 aliphatic carbocycles. The van der Waals surface area contributed by atoms with Crippen molar-refractivity contribution in [1.82, 2.24) is 4.68 Å². The van der Waals surface area contributed by atoms with Crippen LogP contribution in [0.3, 0.4) is 0 Å². The summed E-state index contributed by atoms with van der Waals surface area (Å²) in [6.07, 6.45) is 6.81. The minimum Gasteiger partial charge on any atom is -0.467 e. The quantitative estimate of drug-likeness (QED) is 0.274. The molecule has 0 aliphatic rings. The van der Waals surface area contributed by atoms with E-state index < -0.39 is 0 Å². The van der Waals surface area contributed by atoms with Crippen molar-refractivity contribution in [2.24, 2.45) is 5.10 Å². The maximum atomic E-state index is 5.91. The summed E-state index contributed by atoms with van der Waals surface area (Å²) in [5.41, 5.74) is 3.61. The zero-order chi connectivity index (χ0) is 20.7. The molecule has 152 valence electrons. The molecular formula is C24H29N2O2P. The maximum Gasteiger partial charge on any atom is 0.188 e. The normalized spacial score (nSPS) is 13.9. The van der Waals surface area contributed by atoms with E-state index in [9.17, 15) is 0 Å². The van der Waals surface area contributed by atoms with E-state index in [0.717, 1.165) is 17.7 Å². The van der Waals surface area contributed by atoms with E-state index in [0.29, 0.717) is 8.58 Å². The third-order valence-electron chi connectivity index (χ3n) is 5.06. The summed E-state index contributed by atoms with van der Waals surface area (Å²) in [4.78, 5) is 0. The fraction of sp³-hybridized carbons (Fsp3) is 0.292. The van der Waals surface area contributed by atoms with Crippen molar-refractivity contribution < 1.29 is 9.47 Å². The van der Waals surface area contributed by atoms with Gasteiger partial charge in [-0.3, -0.25) is 0 Å². The predicted molar refractivity (Wildman–Crippen MR) is 123 cm³/mol. The maximum absolute atomic E-state index is 5.91. The Kier molecular flexibility index (Phi) is 7.24.